The van der Waals surface area contributed by atoms with Gasteiger partial charge in [-0.2, -0.15) is 0 Å². The van der Waals surface area contributed by atoms with Crippen LogP contribution in [0.1, 0.15) is 85.9 Å². The fourth-order valence-corrected chi connectivity index (χ4v) is 6.80. The first-order valence-electron chi connectivity index (χ1n) is 15.4. The Kier molecular flexibility index (Phi) is 12.2. The van der Waals surface area contributed by atoms with E-state index in [4.69, 9.17) is 9.47 Å². The number of pyridine rings is 2. The molecule has 0 saturated carbocycles. The average Bonchev–Trinajstić information content (AvgIpc) is 3.57. The van der Waals surface area contributed by atoms with Gasteiger partial charge < -0.3 is 25.8 Å². The van der Waals surface area contributed by atoms with Crippen molar-refractivity contribution in [2.45, 2.75) is 84.6 Å². The van der Waals surface area contributed by atoms with E-state index >= 15 is 0 Å². The molecule has 0 aliphatic carbocycles. The second-order valence-electron chi connectivity index (χ2n) is 13.7. The van der Waals surface area contributed by atoms with E-state index in [-0.39, 0.29) is 36.9 Å². The maximum absolute atomic E-state index is 13.5. The summed E-state index contributed by atoms with van der Waals surface area (Å²) in [4.78, 5) is 52.3. The number of hydrogen-bond donors (Lipinski definition) is 1. The monoisotopic (exact) mass is 630 g/mol. The molecule has 0 spiro atoms. The SMILES string of the molecule is CC=CC(C1CCN(C(=O)OC(C)(C)C)C1c1cccnc1)C(C(=O)O)C1CCN(C(=O)OC(C)(C)C)C1c1cccnc1.[H-].[Na+]. The zero-order chi connectivity index (χ0) is 32.2. The van der Waals surface area contributed by atoms with E-state index in [9.17, 15) is 19.5 Å². The van der Waals surface area contributed by atoms with Crippen LogP contribution in [0.2, 0.25) is 0 Å². The van der Waals surface area contributed by atoms with Crippen LogP contribution in [0.25, 0.3) is 0 Å². The van der Waals surface area contributed by atoms with Gasteiger partial charge in [0.25, 0.3) is 0 Å². The van der Waals surface area contributed by atoms with Crippen LogP contribution in [0.3, 0.4) is 0 Å². The van der Waals surface area contributed by atoms with E-state index in [1.165, 1.54) is 0 Å². The number of likely N-dealkylation sites (tertiary alicyclic amines) is 2. The Hall–Kier alpha value is -2.95. The number of hydrogen-bond acceptors (Lipinski definition) is 7. The second kappa shape index (κ2) is 15.1. The largest absolute Gasteiger partial charge is 1.00 e. The number of carbonyl (C=O) groups excluding carboxylic acids is 2. The zero-order valence-corrected chi connectivity index (χ0v) is 29.8. The Labute approximate surface area is 290 Å². The number of amides is 2. The number of nitrogens with zero attached hydrogens (tertiary/aromatic N) is 4. The van der Waals surface area contributed by atoms with Gasteiger partial charge in [0.15, 0.2) is 0 Å². The van der Waals surface area contributed by atoms with Crippen molar-refractivity contribution >= 4 is 18.2 Å². The number of carboxylic acids is 1. The van der Waals surface area contributed by atoms with E-state index in [1.807, 2.05) is 78.8 Å². The van der Waals surface area contributed by atoms with Crippen molar-refractivity contribution in [2.24, 2.45) is 23.7 Å². The molecule has 2 aliphatic rings. The number of aromatic nitrogens is 2. The maximum atomic E-state index is 13.5. The first-order chi connectivity index (χ1) is 20.7. The van der Waals surface area contributed by atoms with Crippen LogP contribution in [0.5, 0.6) is 0 Å². The molecule has 1 N–H and O–H groups in total. The van der Waals surface area contributed by atoms with Crippen molar-refractivity contribution < 1.29 is 59.9 Å². The summed E-state index contributed by atoms with van der Waals surface area (Å²) in [6, 6.07) is 6.44. The zero-order valence-electron chi connectivity index (χ0n) is 28.8. The number of carboxylic acid groups (broad SMARTS) is 1. The van der Waals surface area contributed by atoms with Gasteiger partial charge in [0.05, 0.1) is 18.0 Å². The molecule has 0 aromatic carbocycles. The van der Waals surface area contributed by atoms with Gasteiger partial charge in [-0.05, 0) is 102 Å². The maximum Gasteiger partial charge on any atom is 1.00 e. The first-order valence-corrected chi connectivity index (χ1v) is 15.4. The van der Waals surface area contributed by atoms with Crippen molar-refractivity contribution in [3.8, 4) is 0 Å². The normalized spacial score (nSPS) is 23.4. The molecule has 2 aromatic heterocycles. The molecule has 0 radical (unpaired) electrons. The predicted molar refractivity (Wildman–Crippen MR) is 167 cm³/mol. The number of aliphatic carboxylic acids is 1. The number of ether oxygens (including phenoxy) is 2. The van der Waals surface area contributed by atoms with Gasteiger partial charge in [-0.15, -0.1) is 0 Å². The number of rotatable bonds is 7. The van der Waals surface area contributed by atoms with Gasteiger partial charge in [-0.25, -0.2) is 9.59 Å². The summed E-state index contributed by atoms with van der Waals surface area (Å²) in [7, 11) is 0. The molecule has 6 unspecified atom stereocenters. The van der Waals surface area contributed by atoms with Crippen molar-refractivity contribution in [3.63, 3.8) is 0 Å². The molecule has 2 fully saturated rings. The van der Waals surface area contributed by atoms with Crippen molar-refractivity contribution in [2.75, 3.05) is 13.1 Å². The summed E-state index contributed by atoms with van der Waals surface area (Å²) in [5.41, 5.74) is 0.190. The topological polar surface area (TPSA) is 122 Å². The summed E-state index contributed by atoms with van der Waals surface area (Å²) in [6.07, 6.45) is 10.8. The Morgan fingerprint density at radius 1 is 0.867 bits per heavy atom. The minimum Gasteiger partial charge on any atom is -1.00 e. The number of carbonyl (C=O) groups is 3. The third-order valence-electron chi connectivity index (χ3n) is 8.27. The third kappa shape index (κ3) is 8.86. The van der Waals surface area contributed by atoms with Crippen LogP contribution in [0, 0.1) is 23.7 Å². The fourth-order valence-electron chi connectivity index (χ4n) is 6.80. The van der Waals surface area contributed by atoms with Gasteiger partial charge in [0.1, 0.15) is 11.2 Å². The summed E-state index contributed by atoms with van der Waals surface area (Å²) in [6.45, 7) is 13.6. The molecule has 240 valence electrons. The third-order valence-corrected chi connectivity index (χ3v) is 8.27. The number of allylic oxidation sites excluding steroid dienone is 2. The minimum absolute atomic E-state index is 0. The molecule has 4 rings (SSSR count). The van der Waals surface area contributed by atoms with Crippen molar-refractivity contribution in [1.29, 1.82) is 0 Å². The smallest absolute Gasteiger partial charge is 1.00 e. The van der Waals surface area contributed by atoms with Gasteiger partial charge >= 0.3 is 47.7 Å². The molecule has 6 atom stereocenters. The summed E-state index contributed by atoms with van der Waals surface area (Å²) >= 11 is 0. The molecule has 2 amide bonds. The molecular weight excluding hydrogens is 583 g/mol. The van der Waals surface area contributed by atoms with E-state index < -0.39 is 59.2 Å². The standard InChI is InChI=1S/C34H46N4O6.Na.H/c1-8-11-24(25-14-18-37(31(41)43-33(2,3)4)28(25)22-12-9-16-35-20-22)27(30(39)40)26-15-19-38(32(42)44-34(5,6)7)29(26)23-13-10-17-36-21-23;;/h8-13,16-17,20-21,24-29H,14-15,18-19H2,1-7H3,(H,39,40);;/q;+1;-1. The van der Waals surface area contributed by atoms with Crippen LogP contribution in [-0.4, -0.2) is 67.3 Å². The molecule has 2 aromatic rings. The van der Waals surface area contributed by atoms with Gasteiger partial charge in [0, 0.05) is 37.9 Å². The average molecular weight is 631 g/mol. The molecule has 4 heterocycles. The van der Waals surface area contributed by atoms with Gasteiger partial charge in [-0.3, -0.25) is 14.8 Å². The molecule has 0 bridgehead atoms. The van der Waals surface area contributed by atoms with Crippen LogP contribution in [0.4, 0.5) is 9.59 Å². The van der Waals surface area contributed by atoms with Crippen molar-refractivity contribution in [1.82, 2.24) is 19.8 Å². The minimum atomic E-state index is -0.946. The Bertz CT molecular complexity index is 1330. The van der Waals surface area contributed by atoms with E-state index in [0.717, 1.165) is 11.1 Å². The van der Waals surface area contributed by atoms with E-state index in [1.54, 1.807) is 40.7 Å². The molecule has 10 nitrogen and oxygen atoms in total. The van der Waals surface area contributed by atoms with E-state index in [0.29, 0.717) is 25.9 Å². The quantitative estimate of drug-likeness (QED) is 0.363. The molecule has 2 aliphatic heterocycles. The Morgan fingerprint density at radius 3 is 1.69 bits per heavy atom. The van der Waals surface area contributed by atoms with Crippen molar-refractivity contribution in [3.05, 3.63) is 72.3 Å². The molecular formula is C34H47N4NaO6. The van der Waals surface area contributed by atoms with Crippen LogP contribution >= 0.6 is 0 Å². The summed E-state index contributed by atoms with van der Waals surface area (Å²) in [5, 5.41) is 11.0. The van der Waals surface area contributed by atoms with Crippen LogP contribution in [0.15, 0.2) is 61.2 Å². The molecule has 45 heavy (non-hydrogen) atoms. The summed E-state index contributed by atoms with van der Waals surface area (Å²) in [5.74, 6) is -2.95. The van der Waals surface area contributed by atoms with Crippen LogP contribution < -0.4 is 29.6 Å². The van der Waals surface area contributed by atoms with E-state index in [2.05, 4.69) is 9.97 Å². The second-order valence-corrected chi connectivity index (χ2v) is 13.7. The Balaban J connectivity index is 0.00000368. The summed E-state index contributed by atoms with van der Waals surface area (Å²) < 4.78 is 11.6. The fraction of sp³-hybridized carbons (Fsp3) is 0.559. The molecule has 11 heteroatoms. The molecule has 2 saturated heterocycles. The van der Waals surface area contributed by atoms with Gasteiger partial charge in [-0.1, -0.05) is 24.3 Å². The van der Waals surface area contributed by atoms with Gasteiger partial charge in [0.2, 0.25) is 0 Å². The Morgan fingerprint density at radius 2 is 1.31 bits per heavy atom. The predicted octanol–water partition coefficient (Wildman–Crippen LogP) is 3.78. The first kappa shape index (κ1) is 36.5. The van der Waals surface area contributed by atoms with Crippen LogP contribution in [-0.2, 0) is 14.3 Å².